The van der Waals surface area contributed by atoms with Crippen molar-refractivity contribution in [2.45, 2.75) is 70.1 Å². The van der Waals surface area contributed by atoms with Crippen molar-refractivity contribution in [2.75, 3.05) is 12.3 Å². The van der Waals surface area contributed by atoms with E-state index in [-0.39, 0.29) is 11.7 Å². The number of carbonyl (C=O) groups is 1. The van der Waals surface area contributed by atoms with Gasteiger partial charge in [0.1, 0.15) is 24.1 Å². The van der Waals surface area contributed by atoms with Crippen molar-refractivity contribution in [1.82, 2.24) is 24.8 Å². The van der Waals surface area contributed by atoms with Crippen molar-refractivity contribution in [3.63, 3.8) is 0 Å². The molecule has 11 nitrogen and oxygen atoms in total. The number of aliphatic hydroxyl groups excluding tert-OH is 2. The van der Waals surface area contributed by atoms with Crippen molar-refractivity contribution in [3.05, 3.63) is 48.5 Å². The number of hydrogen-bond acceptors (Lipinski definition) is 9. The minimum absolute atomic E-state index is 0.128. The molecule has 200 valence electrons. The number of carboxylic acids is 1. The lowest BCUT2D eigenvalue weighted by molar-refractivity contribution is -0.141. The molecule has 11 heteroatoms. The van der Waals surface area contributed by atoms with E-state index in [0.29, 0.717) is 30.4 Å². The zero-order valence-corrected chi connectivity index (χ0v) is 21.0. The summed E-state index contributed by atoms with van der Waals surface area (Å²) in [6, 6.07) is 10.2. The number of imidazole rings is 1. The van der Waals surface area contributed by atoms with Gasteiger partial charge in [0.15, 0.2) is 17.7 Å². The lowest BCUT2D eigenvalue weighted by Crippen LogP contribution is -2.32. The van der Waals surface area contributed by atoms with Gasteiger partial charge in [0.25, 0.3) is 0 Å². The molecular weight excluding hydrogens is 476 g/mol. The highest BCUT2D eigenvalue weighted by molar-refractivity contribution is 5.81. The van der Waals surface area contributed by atoms with Crippen LogP contribution in [0.25, 0.3) is 11.2 Å². The first-order valence-electron chi connectivity index (χ1n) is 12.8. The Labute approximate surface area is 215 Å². The van der Waals surface area contributed by atoms with E-state index in [0.717, 1.165) is 25.9 Å². The van der Waals surface area contributed by atoms with E-state index in [4.69, 9.17) is 10.5 Å². The van der Waals surface area contributed by atoms with E-state index in [2.05, 4.69) is 32.4 Å². The van der Waals surface area contributed by atoms with Gasteiger partial charge < -0.3 is 31.1 Å². The number of nitrogens with zero attached hydrogens (tertiary/aromatic N) is 4. The molecule has 0 bridgehead atoms. The summed E-state index contributed by atoms with van der Waals surface area (Å²) in [5.41, 5.74) is 7.92. The number of nitrogens with two attached hydrogens (primary N) is 1. The largest absolute Gasteiger partial charge is 0.481 e. The van der Waals surface area contributed by atoms with Gasteiger partial charge in [-0.2, -0.15) is 0 Å². The minimum atomic E-state index is -1.18. The predicted molar refractivity (Wildman–Crippen MR) is 137 cm³/mol. The number of carboxylic acid groups (broad SMARTS) is 1. The van der Waals surface area contributed by atoms with Crippen LogP contribution in [0.3, 0.4) is 0 Å². The van der Waals surface area contributed by atoms with Crippen LogP contribution in [0, 0.1) is 11.8 Å². The third-order valence-electron chi connectivity index (χ3n) is 7.13. The Morgan fingerprint density at radius 2 is 1.92 bits per heavy atom. The summed E-state index contributed by atoms with van der Waals surface area (Å²) in [6.45, 7) is 3.31. The number of ether oxygens (including phenoxy) is 1. The molecule has 6 atom stereocenters. The third-order valence-corrected chi connectivity index (χ3v) is 7.13. The van der Waals surface area contributed by atoms with Crippen LogP contribution in [0.2, 0.25) is 0 Å². The van der Waals surface area contributed by atoms with Gasteiger partial charge in [0.2, 0.25) is 0 Å². The van der Waals surface area contributed by atoms with Crippen LogP contribution in [0.1, 0.15) is 50.8 Å². The normalized spacial score (nSPS) is 23.3. The highest BCUT2D eigenvalue weighted by Gasteiger charge is 2.44. The second-order valence-corrected chi connectivity index (χ2v) is 9.85. The summed E-state index contributed by atoms with van der Waals surface area (Å²) >= 11 is 0. The van der Waals surface area contributed by atoms with Gasteiger partial charge in [0.05, 0.1) is 18.3 Å². The Morgan fingerprint density at radius 1 is 1.14 bits per heavy atom. The molecule has 6 N–H and O–H groups in total. The molecule has 1 saturated heterocycles. The average Bonchev–Trinajstić information content (AvgIpc) is 3.44. The summed E-state index contributed by atoms with van der Waals surface area (Å²) in [5.74, 6) is -0.914. The van der Waals surface area contributed by atoms with Crippen molar-refractivity contribution in [2.24, 2.45) is 11.8 Å². The van der Waals surface area contributed by atoms with Crippen molar-refractivity contribution in [1.29, 1.82) is 0 Å². The van der Waals surface area contributed by atoms with Crippen LogP contribution in [-0.2, 0) is 16.1 Å². The number of benzene rings is 1. The molecule has 1 fully saturated rings. The Bertz CT molecular complexity index is 1160. The maximum Gasteiger partial charge on any atom is 0.306 e. The molecule has 3 heterocycles. The molecular formula is C26H36N6O5. The van der Waals surface area contributed by atoms with Crippen LogP contribution in [0.5, 0.6) is 0 Å². The first-order chi connectivity index (χ1) is 17.8. The van der Waals surface area contributed by atoms with Gasteiger partial charge in [0, 0.05) is 6.54 Å². The molecule has 2 aromatic heterocycles. The van der Waals surface area contributed by atoms with Crippen LogP contribution in [-0.4, -0.2) is 65.7 Å². The molecule has 1 aromatic carbocycles. The molecule has 1 aliphatic rings. The maximum absolute atomic E-state index is 11.4. The van der Waals surface area contributed by atoms with E-state index in [1.54, 1.807) is 11.5 Å². The van der Waals surface area contributed by atoms with Gasteiger partial charge in [-0.15, -0.1) is 0 Å². The van der Waals surface area contributed by atoms with Gasteiger partial charge in [-0.3, -0.25) is 9.36 Å². The molecule has 4 rings (SSSR count). The number of fused-ring (bicyclic) bond motifs is 1. The quantitative estimate of drug-likeness (QED) is 0.214. The van der Waals surface area contributed by atoms with Crippen molar-refractivity contribution < 1.29 is 24.9 Å². The molecule has 1 unspecified atom stereocenters. The standard InChI is InChI=1S/C26H36N6O5/c1-16(26(35)36)9-10-17(8-5-11-28-13-18-6-3-2-4-7-18)12-19-21(33)22(34)25(37-19)32-15-31-20-23(27)29-14-30-24(20)32/h2-4,6-7,14-17,19,21-22,25,28,33-34H,5,8-13H2,1H3,(H,35,36)(H2,27,29,30)/t16-,17-,19+,21-,22?,25+/m0/s1. The molecule has 0 spiro atoms. The molecule has 0 saturated carbocycles. The number of nitrogen functional groups attached to an aromatic ring is 1. The van der Waals surface area contributed by atoms with E-state index in [1.807, 2.05) is 18.2 Å². The number of aliphatic hydroxyl groups is 2. The van der Waals surface area contributed by atoms with Crippen molar-refractivity contribution >= 4 is 23.0 Å². The summed E-state index contributed by atoms with van der Waals surface area (Å²) in [7, 11) is 0. The van der Waals surface area contributed by atoms with E-state index in [1.165, 1.54) is 18.2 Å². The highest BCUT2D eigenvalue weighted by atomic mass is 16.6. The van der Waals surface area contributed by atoms with E-state index < -0.39 is 36.4 Å². The monoisotopic (exact) mass is 512 g/mol. The minimum Gasteiger partial charge on any atom is -0.481 e. The number of rotatable bonds is 13. The van der Waals surface area contributed by atoms with Crippen LogP contribution >= 0.6 is 0 Å². The fraction of sp³-hybridized carbons (Fsp3) is 0.538. The Morgan fingerprint density at radius 3 is 2.68 bits per heavy atom. The molecule has 0 aliphatic carbocycles. The fourth-order valence-electron chi connectivity index (χ4n) is 4.87. The maximum atomic E-state index is 11.4. The molecule has 37 heavy (non-hydrogen) atoms. The predicted octanol–water partition coefficient (Wildman–Crippen LogP) is 2.10. The fourth-order valence-corrected chi connectivity index (χ4v) is 4.87. The second kappa shape index (κ2) is 12.4. The molecule has 3 aromatic rings. The average molecular weight is 513 g/mol. The van der Waals surface area contributed by atoms with Gasteiger partial charge >= 0.3 is 5.97 Å². The van der Waals surface area contributed by atoms with E-state index in [9.17, 15) is 20.1 Å². The Kier molecular flexibility index (Phi) is 9.04. The smallest absolute Gasteiger partial charge is 0.306 e. The molecule has 0 amide bonds. The zero-order valence-electron chi connectivity index (χ0n) is 21.0. The third kappa shape index (κ3) is 6.61. The topological polar surface area (TPSA) is 169 Å². The number of anilines is 1. The van der Waals surface area contributed by atoms with Gasteiger partial charge in [-0.05, 0) is 50.1 Å². The van der Waals surface area contributed by atoms with Gasteiger partial charge in [-0.25, -0.2) is 15.0 Å². The summed E-state index contributed by atoms with van der Waals surface area (Å²) in [5, 5.41) is 34.4. The molecule has 1 aliphatic heterocycles. The lowest BCUT2D eigenvalue weighted by atomic mass is 9.87. The van der Waals surface area contributed by atoms with Crippen LogP contribution in [0.15, 0.2) is 43.0 Å². The van der Waals surface area contributed by atoms with Gasteiger partial charge in [-0.1, -0.05) is 37.3 Å². The highest BCUT2D eigenvalue weighted by Crippen LogP contribution is 2.36. The first kappa shape index (κ1) is 26.9. The summed E-state index contributed by atoms with van der Waals surface area (Å²) < 4.78 is 7.70. The Hall–Kier alpha value is -3.12. The van der Waals surface area contributed by atoms with Crippen LogP contribution in [0.4, 0.5) is 5.82 Å². The Balaban J connectivity index is 1.37. The number of aliphatic carboxylic acids is 1. The summed E-state index contributed by atoms with van der Waals surface area (Å²) in [6.07, 6.45) is 2.51. The van der Waals surface area contributed by atoms with Crippen molar-refractivity contribution in [3.8, 4) is 0 Å². The SMILES string of the molecule is C[C@@H](CC[C@H](CCCNCc1ccccc1)C[C@H]1O[C@@H](n2cnc3c(N)ncnc32)C(O)[C@H]1O)C(=O)O. The van der Waals surface area contributed by atoms with E-state index >= 15 is 0 Å². The number of aromatic nitrogens is 4. The number of nitrogens with one attached hydrogen (secondary N) is 1. The van der Waals surface area contributed by atoms with Crippen LogP contribution < -0.4 is 11.1 Å². The zero-order chi connectivity index (χ0) is 26.4. The number of hydrogen-bond donors (Lipinski definition) is 5. The second-order valence-electron chi connectivity index (χ2n) is 9.85. The summed E-state index contributed by atoms with van der Waals surface area (Å²) in [4.78, 5) is 23.7. The molecule has 0 radical (unpaired) electrons. The first-order valence-corrected chi connectivity index (χ1v) is 12.8. The lowest BCUT2D eigenvalue weighted by Gasteiger charge is -2.23.